The van der Waals surface area contributed by atoms with E-state index in [9.17, 15) is 19.8 Å². The van der Waals surface area contributed by atoms with Gasteiger partial charge in [-0.2, -0.15) is 0 Å². The van der Waals surface area contributed by atoms with E-state index in [0.717, 1.165) is 23.1 Å². The van der Waals surface area contributed by atoms with Crippen LogP contribution in [0.25, 0.3) is 22.3 Å². The Labute approximate surface area is 144 Å². The third-order valence-corrected chi connectivity index (χ3v) is 4.64. The van der Waals surface area contributed by atoms with E-state index in [4.69, 9.17) is 0 Å². The van der Waals surface area contributed by atoms with Gasteiger partial charge in [0.25, 0.3) is 0 Å². The zero-order valence-corrected chi connectivity index (χ0v) is 13.2. The van der Waals surface area contributed by atoms with Gasteiger partial charge in [0, 0.05) is 0 Å². The molecule has 1 aliphatic rings. The van der Waals surface area contributed by atoms with Crippen LogP contribution in [0.15, 0.2) is 60.7 Å². The van der Waals surface area contributed by atoms with Gasteiger partial charge < -0.3 is 10.2 Å². The molecular formula is C21H14O4. The first-order chi connectivity index (χ1) is 12.1. The van der Waals surface area contributed by atoms with Crippen molar-refractivity contribution in [3.8, 4) is 22.3 Å². The van der Waals surface area contributed by atoms with Crippen LogP contribution in [0.2, 0.25) is 0 Å². The summed E-state index contributed by atoms with van der Waals surface area (Å²) in [6.45, 7) is 0. The minimum Gasteiger partial charge on any atom is -0.478 e. The van der Waals surface area contributed by atoms with Gasteiger partial charge >= 0.3 is 11.9 Å². The zero-order chi connectivity index (χ0) is 17.6. The molecule has 0 spiro atoms. The number of hydrogen-bond acceptors (Lipinski definition) is 2. The zero-order valence-electron chi connectivity index (χ0n) is 13.2. The quantitative estimate of drug-likeness (QED) is 0.586. The molecule has 0 saturated carbocycles. The van der Waals surface area contributed by atoms with Crippen molar-refractivity contribution >= 4 is 11.9 Å². The van der Waals surface area contributed by atoms with Crippen LogP contribution in [0.3, 0.4) is 0 Å². The minimum absolute atomic E-state index is 0.196. The first-order valence-electron chi connectivity index (χ1n) is 7.87. The molecule has 2 N–H and O–H groups in total. The molecular weight excluding hydrogens is 316 g/mol. The number of fused-ring (bicyclic) bond motifs is 3. The summed E-state index contributed by atoms with van der Waals surface area (Å²) in [5.74, 6) is -2.48. The van der Waals surface area contributed by atoms with Crippen molar-refractivity contribution in [1.29, 1.82) is 0 Å². The van der Waals surface area contributed by atoms with Crippen molar-refractivity contribution < 1.29 is 19.8 Å². The van der Waals surface area contributed by atoms with Gasteiger partial charge in [-0.05, 0) is 51.9 Å². The highest BCUT2D eigenvalue weighted by atomic mass is 16.4. The third kappa shape index (κ3) is 2.39. The summed E-state index contributed by atoms with van der Waals surface area (Å²) < 4.78 is 0. The summed E-state index contributed by atoms with van der Waals surface area (Å²) in [6.07, 6.45) is 0.783. The van der Waals surface area contributed by atoms with Crippen LogP contribution < -0.4 is 0 Å². The lowest BCUT2D eigenvalue weighted by molar-refractivity contribution is 0.0651. The maximum atomic E-state index is 11.5. The molecule has 3 aromatic rings. The van der Waals surface area contributed by atoms with E-state index in [1.807, 2.05) is 24.3 Å². The van der Waals surface area contributed by atoms with Crippen molar-refractivity contribution in [2.45, 2.75) is 6.42 Å². The highest BCUT2D eigenvalue weighted by Crippen LogP contribution is 2.41. The Balaban J connectivity index is 1.89. The average molecular weight is 330 g/mol. The lowest BCUT2D eigenvalue weighted by Gasteiger charge is -2.11. The standard InChI is InChI=1S/C21H14O4/c22-20(23)17-9-8-13(11-19(17)21(24)25)15-6-3-7-16-14-5-2-1-4-12(14)10-18(15)16/h1-9,11H,10H2,(H,22,23)(H,24,25). The molecule has 0 atom stereocenters. The summed E-state index contributed by atoms with van der Waals surface area (Å²) in [4.78, 5) is 22.7. The van der Waals surface area contributed by atoms with Crippen LogP contribution in [0.4, 0.5) is 0 Å². The molecule has 0 fully saturated rings. The van der Waals surface area contributed by atoms with E-state index in [-0.39, 0.29) is 11.1 Å². The Morgan fingerprint density at radius 2 is 1.40 bits per heavy atom. The second-order valence-corrected chi connectivity index (χ2v) is 6.04. The van der Waals surface area contributed by atoms with E-state index < -0.39 is 11.9 Å². The van der Waals surface area contributed by atoms with E-state index in [2.05, 4.69) is 18.2 Å². The summed E-state index contributed by atoms with van der Waals surface area (Å²) in [7, 11) is 0. The van der Waals surface area contributed by atoms with Gasteiger partial charge in [-0.3, -0.25) is 0 Å². The van der Waals surface area contributed by atoms with Gasteiger partial charge in [0.15, 0.2) is 0 Å². The first kappa shape index (κ1) is 15.1. The highest BCUT2D eigenvalue weighted by Gasteiger charge is 2.22. The Kier molecular flexibility index (Phi) is 3.39. The van der Waals surface area contributed by atoms with Crippen molar-refractivity contribution in [3.05, 3.63) is 82.9 Å². The molecule has 4 heteroatoms. The Morgan fingerprint density at radius 1 is 0.720 bits per heavy atom. The number of hydrogen-bond donors (Lipinski definition) is 2. The van der Waals surface area contributed by atoms with Gasteiger partial charge in [-0.15, -0.1) is 0 Å². The molecule has 0 bridgehead atoms. The summed E-state index contributed by atoms with van der Waals surface area (Å²) in [6, 6.07) is 18.6. The maximum Gasteiger partial charge on any atom is 0.336 e. The molecule has 0 amide bonds. The minimum atomic E-state index is -1.24. The number of benzene rings is 3. The number of carbonyl (C=O) groups is 2. The van der Waals surface area contributed by atoms with E-state index >= 15 is 0 Å². The SMILES string of the molecule is O=C(O)c1ccc(-c2cccc3c2Cc2ccccc2-3)cc1C(=O)O. The van der Waals surface area contributed by atoms with E-state index in [0.29, 0.717) is 5.56 Å². The van der Waals surface area contributed by atoms with Gasteiger partial charge in [-0.25, -0.2) is 9.59 Å². The molecule has 0 unspecified atom stereocenters. The molecule has 25 heavy (non-hydrogen) atoms. The summed E-state index contributed by atoms with van der Waals surface area (Å²) in [5.41, 5.74) is 5.98. The predicted octanol–water partition coefficient (Wildman–Crippen LogP) is 4.32. The second-order valence-electron chi connectivity index (χ2n) is 6.04. The average Bonchev–Trinajstić information content (AvgIpc) is 2.99. The predicted molar refractivity (Wildman–Crippen MR) is 94.0 cm³/mol. The molecule has 0 heterocycles. The van der Waals surface area contributed by atoms with Crippen molar-refractivity contribution in [2.24, 2.45) is 0 Å². The molecule has 4 rings (SSSR count). The van der Waals surface area contributed by atoms with Crippen LogP contribution in [-0.4, -0.2) is 22.2 Å². The van der Waals surface area contributed by atoms with Crippen LogP contribution in [0.5, 0.6) is 0 Å². The van der Waals surface area contributed by atoms with Crippen LogP contribution in [-0.2, 0) is 6.42 Å². The number of carboxylic acids is 2. The topological polar surface area (TPSA) is 74.6 Å². The molecule has 3 aromatic carbocycles. The van der Waals surface area contributed by atoms with Crippen molar-refractivity contribution in [2.75, 3.05) is 0 Å². The van der Waals surface area contributed by atoms with Gasteiger partial charge in [0.1, 0.15) is 0 Å². The molecule has 0 aliphatic heterocycles. The fourth-order valence-corrected chi connectivity index (χ4v) is 3.50. The lowest BCUT2D eigenvalue weighted by Crippen LogP contribution is -2.08. The second kappa shape index (κ2) is 5.60. The molecule has 0 saturated heterocycles. The largest absolute Gasteiger partial charge is 0.478 e. The van der Waals surface area contributed by atoms with Crippen LogP contribution in [0.1, 0.15) is 31.8 Å². The first-order valence-corrected chi connectivity index (χ1v) is 7.87. The van der Waals surface area contributed by atoms with Gasteiger partial charge in [0.05, 0.1) is 11.1 Å². The summed E-state index contributed by atoms with van der Waals surface area (Å²) in [5, 5.41) is 18.5. The molecule has 1 aliphatic carbocycles. The number of carboxylic acid groups (broad SMARTS) is 2. The van der Waals surface area contributed by atoms with Crippen molar-refractivity contribution in [3.63, 3.8) is 0 Å². The Bertz CT molecular complexity index is 1030. The normalized spacial score (nSPS) is 11.7. The van der Waals surface area contributed by atoms with Gasteiger partial charge in [-0.1, -0.05) is 48.5 Å². The van der Waals surface area contributed by atoms with E-state index in [1.54, 1.807) is 6.07 Å². The van der Waals surface area contributed by atoms with Gasteiger partial charge in [0.2, 0.25) is 0 Å². The highest BCUT2D eigenvalue weighted by molar-refractivity contribution is 6.03. The molecule has 4 nitrogen and oxygen atoms in total. The number of rotatable bonds is 3. The summed E-state index contributed by atoms with van der Waals surface area (Å²) >= 11 is 0. The molecule has 0 radical (unpaired) electrons. The Morgan fingerprint density at radius 3 is 2.16 bits per heavy atom. The fraction of sp³-hybridized carbons (Fsp3) is 0.0476. The fourth-order valence-electron chi connectivity index (χ4n) is 3.50. The smallest absolute Gasteiger partial charge is 0.336 e. The lowest BCUT2D eigenvalue weighted by atomic mass is 9.93. The van der Waals surface area contributed by atoms with E-state index in [1.165, 1.54) is 23.3 Å². The van der Waals surface area contributed by atoms with Crippen molar-refractivity contribution in [1.82, 2.24) is 0 Å². The maximum absolute atomic E-state index is 11.5. The Hall–Kier alpha value is -3.40. The molecule has 122 valence electrons. The monoisotopic (exact) mass is 330 g/mol. The number of aromatic carboxylic acids is 2. The third-order valence-electron chi connectivity index (χ3n) is 4.64. The molecule has 0 aromatic heterocycles. The van der Waals surface area contributed by atoms with Crippen LogP contribution >= 0.6 is 0 Å². The van der Waals surface area contributed by atoms with Crippen LogP contribution in [0, 0.1) is 0 Å².